The van der Waals surface area contributed by atoms with Gasteiger partial charge < -0.3 is 10.1 Å². The number of carbonyl (C=O) groups is 1. The van der Waals surface area contributed by atoms with Crippen LogP contribution in [0.25, 0.3) is 16.2 Å². The molecule has 8 nitrogen and oxygen atoms in total. The van der Waals surface area contributed by atoms with Gasteiger partial charge in [0, 0.05) is 47.7 Å². The minimum absolute atomic E-state index is 0.0673. The number of amides is 1. The van der Waals surface area contributed by atoms with Crippen LogP contribution < -0.4 is 5.32 Å². The lowest BCUT2D eigenvalue weighted by molar-refractivity contribution is -0.0440. The second-order valence-electron chi connectivity index (χ2n) is 8.48. The Hall–Kier alpha value is -2.76. The number of imidazole rings is 1. The topological polar surface area (TPSA) is 93.0 Å². The van der Waals surface area contributed by atoms with Gasteiger partial charge in [-0.15, -0.1) is 11.3 Å². The largest absolute Gasteiger partial charge is 0.373 e. The summed E-state index contributed by atoms with van der Waals surface area (Å²) in [4.78, 5) is 18.3. The average molecular weight is 531 g/mol. The van der Waals surface area contributed by atoms with Crippen LogP contribution in [-0.4, -0.2) is 53.3 Å². The van der Waals surface area contributed by atoms with E-state index in [4.69, 9.17) is 16.3 Å². The highest BCUT2D eigenvalue weighted by Gasteiger charge is 2.33. The van der Waals surface area contributed by atoms with Crippen LogP contribution in [0.3, 0.4) is 0 Å². The highest BCUT2D eigenvalue weighted by molar-refractivity contribution is 7.89. The molecule has 1 amide bonds. The molecule has 0 bridgehead atoms. The van der Waals surface area contributed by atoms with Crippen molar-refractivity contribution in [2.24, 2.45) is 0 Å². The van der Waals surface area contributed by atoms with Gasteiger partial charge in [0.15, 0.2) is 4.96 Å². The van der Waals surface area contributed by atoms with Crippen molar-refractivity contribution in [3.05, 3.63) is 70.8 Å². The fourth-order valence-electron chi connectivity index (χ4n) is 4.10. The standard InChI is InChI=1S/C24H23ClN4O4S2/c1-15-12-29(13-16(2)33-15)35(31,32)22-11-18(5-8-20(22)25)23(30)26-19-6-3-17(4-7-19)21-14-28-9-10-34-24(28)27-21/h3-11,14-16H,12-13H2,1-2H3,(H,26,30). The van der Waals surface area contributed by atoms with Gasteiger partial charge >= 0.3 is 0 Å². The van der Waals surface area contributed by atoms with E-state index in [0.29, 0.717) is 5.69 Å². The molecule has 1 aliphatic heterocycles. The van der Waals surface area contributed by atoms with Crippen LogP contribution in [0, 0.1) is 0 Å². The van der Waals surface area contributed by atoms with Crippen molar-refractivity contribution in [1.82, 2.24) is 13.7 Å². The first-order valence-corrected chi connectivity index (χ1v) is 13.7. The van der Waals surface area contributed by atoms with E-state index >= 15 is 0 Å². The molecule has 11 heteroatoms. The summed E-state index contributed by atoms with van der Waals surface area (Å²) in [6.07, 6.45) is 3.43. The fraction of sp³-hybridized carbons (Fsp3) is 0.250. The zero-order valence-corrected chi connectivity index (χ0v) is 21.4. The van der Waals surface area contributed by atoms with Gasteiger partial charge in [-0.2, -0.15) is 4.31 Å². The van der Waals surface area contributed by atoms with Gasteiger partial charge in [0.25, 0.3) is 5.91 Å². The van der Waals surface area contributed by atoms with E-state index in [1.165, 1.54) is 22.5 Å². The Morgan fingerprint density at radius 1 is 1.14 bits per heavy atom. The molecule has 2 unspecified atom stereocenters. The highest BCUT2D eigenvalue weighted by atomic mass is 35.5. The number of ether oxygens (including phenoxy) is 1. The van der Waals surface area contributed by atoms with Crippen molar-refractivity contribution >= 4 is 49.5 Å². The number of halogens is 1. The molecule has 0 spiro atoms. The number of morpholine rings is 1. The Labute approximate surface area is 212 Å². The number of anilines is 1. The highest BCUT2D eigenvalue weighted by Crippen LogP contribution is 2.29. The number of carbonyl (C=O) groups excluding carboxylic acids is 1. The van der Waals surface area contributed by atoms with Gasteiger partial charge in [0.05, 0.1) is 22.9 Å². The van der Waals surface area contributed by atoms with E-state index in [0.717, 1.165) is 16.2 Å². The second kappa shape index (κ2) is 9.36. The molecule has 1 fully saturated rings. The van der Waals surface area contributed by atoms with Crippen LogP contribution in [-0.2, 0) is 14.8 Å². The lowest BCUT2D eigenvalue weighted by atomic mass is 10.1. The van der Waals surface area contributed by atoms with E-state index < -0.39 is 15.9 Å². The summed E-state index contributed by atoms with van der Waals surface area (Å²) in [6.45, 7) is 4.09. The van der Waals surface area contributed by atoms with Crippen LogP contribution in [0.5, 0.6) is 0 Å². The average Bonchev–Trinajstić information content (AvgIpc) is 3.42. The lowest BCUT2D eigenvalue weighted by Gasteiger charge is -2.34. The molecule has 2 aromatic heterocycles. The number of nitrogens with one attached hydrogen (secondary N) is 1. The zero-order chi connectivity index (χ0) is 24.7. The minimum Gasteiger partial charge on any atom is -0.373 e. The quantitative estimate of drug-likeness (QED) is 0.401. The molecule has 0 saturated carbocycles. The summed E-state index contributed by atoms with van der Waals surface area (Å²) in [7, 11) is -3.90. The molecular weight excluding hydrogens is 508 g/mol. The molecule has 1 N–H and O–H groups in total. The third-order valence-corrected chi connectivity index (χ3v) is 8.81. The smallest absolute Gasteiger partial charge is 0.255 e. The summed E-state index contributed by atoms with van der Waals surface area (Å²) >= 11 is 7.82. The Balaban J connectivity index is 1.34. The molecular formula is C24H23ClN4O4S2. The SMILES string of the molecule is CC1CN(S(=O)(=O)c2cc(C(=O)Nc3ccc(-c4cn5ccsc5n4)cc3)ccc2Cl)CC(C)O1. The van der Waals surface area contributed by atoms with Crippen molar-refractivity contribution in [1.29, 1.82) is 0 Å². The molecule has 4 aromatic rings. The molecule has 1 saturated heterocycles. The van der Waals surface area contributed by atoms with Gasteiger partial charge in [-0.1, -0.05) is 23.7 Å². The fourth-order valence-corrected chi connectivity index (χ4v) is 6.89. The summed E-state index contributed by atoms with van der Waals surface area (Å²) in [5, 5.41) is 4.86. The zero-order valence-electron chi connectivity index (χ0n) is 19.0. The molecule has 1 aliphatic rings. The second-order valence-corrected chi connectivity index (χ2v) is 11.7. The van der Waals surface area contributed by atoms with Crippen molar-refractivity contribution in [2.45, 2.75) is 31.0 Å². The number of fused-ring (bicyclic) bond motifs is 1. The van der Waals surface area contributed by atoms with Gasteiger partial charge in [-0.05, 0) is 44.2 Å². The van der Waals surface area contributed by atoms with Gasteiger partial charge in [-0.3, -0.25) is 9.20 Å². The van der Waals surface area contributed by atoms with E-state index in [1.54, 1.807) is 23.5 Å². The summed E-state index contributed by atoms with van der Waals surface area (Å²) in [5.41, 5.74) is 2.54. The molecule has 0 aliphatic carbocycles. The number of sulfonamides is 1. The first-order chi connectivity index (χ1) is 16.7. The van der Waals surface area contributed by atoms with Gasteiger partial charge in [-0.25, -0.2) is 13.4 Å². The predicted molar refractivity (Wildman–Crippen MR) is 137 cm³/mol. The normalized spacial score (nSPS) is 19.2. The summed E-state index contributed by atoms with van der Waals surface area (Å²) < 4.78 is 35.6. The summed E-state index contributed by atoms with van der Waals surface area (Å²) in [6, 6.07) is 11.6. The predicted octanol–water partition coefficient (Wildman–Crippen LogP) is 4.77. The van der Waals surface area contributed by atoms with E-state index in [1.807, 2.05) is 48.2 Å². The number of rotatable bonds is 5. The number of hydrogen-bond donors (Lipinski definition) is 1. The van der Waals surface area contributed by atoms with Crippen LogP contribution in [0.15, 0.2) is 65.1 Å². The minimum atomic E-state index is -3.90. The van der Waals surface area contributed by atoms with Gasteiger partial charge in [0.2, 0.25) is 10.0 Å². The number of hydrogen-bond acceptors (Lipinski definition) is 6. The first-order valence-electron chi connectivity index (χ1n) is 11.0. The molecule has 182 valence electrons. The number of benzene rings is 2. The van der Waals surface area contributed by atoms with Crippen LogP contribution in [0.2, 0.25) is 5.02 Å². The van der Waals surface area contributed by atoms with Crippen molar-refractivity contribution in [3.8, 4) is 11.3 Å². The molecule has 35 heavy (non-hydrogen) atoms. The molecule has 0 radical (unpaired) electrons. The Morgan fingerprint density at radius 3 is 2.54 bits per heavy atom. The Bertz CT molecular complexity index is 1460. The van der Waals surface area contributed by atoms with E-state index in [9.17, 15) is 13.2 Å². The maximum absolute atomic E-state index is 13.3. The summed E-state index contributed by atoms with van der Waals surface area (Å²) in [5.74, 6) is -0.433. The Morgan fingerprint density at radius 2 is 1.86 bits per heavy atom. The number of aromatic nitrogens is 2. The van der Waals surface area contributed by atoms with Crippen LogP contribution in [0.4, 0.5) is 5.69 Å². The Kier molecular flexibility index (Phi) is 6.41. The van der Waals surface area contributed by atoms with Crippen molar-refractivity contribution < 1.29 is 17.9 Å². The van der Waals surface area contributed by atoms with Crippen molar-refractivity contribution in [3.63, 3.8) is 0 Å². The van der Waals surface area contributed by atoms with Crippen molar-refractivity contribution in [2.75, 3.05) is 18.4 Å². The van der Waals surface area contributed by atoms with Crippen LogP contribution >= 0.6 is 22.9 Å². The lowest BCUT2D eigenvalue weighted by Crippen LogP contribution is -2.48. The van der Waals surface area contributed by atoms with Crippen LogP contribution in [0.1, 0.15) is 24.2 Å². The van der Waals surface area contributed by atoms with Gasteiger partial charge in [0.1, 0.15) is 4.90 Å². The molecule has 5 rings (SSSR count). The molecule has 3 heterocycles. The maximum atomic E-state index is 13.3. The number of thiazole rings is 1. The first kappa shape index (κ1) is 24.0. The maximum Gasteiger partial charge on any atom is 0.255 e. The third-order valence-electron chi connectivity index (χ3n) is 5.73. The molecule has 2 atom stereocenters. The molecule has 2 aromatic carbocycles. The van der Waals surface area contributed by atoms with E-state index in [2.05, 4.69) is 10.3 Å². The number of nitrogens with zero attached hydrogens (tertiary/aromatic N) is 3. The van der Waals surface area contributed by atoms with E-state index in [-0.39, 0.29) is 40.8 Å². The third kappa shape index (κ3) is 4.85. The monoisotopic (exact) mass is 530 g/mol.